The van der Waals surface area contributed by atoms with E-state index in [0.717, 1.165) is 25.9 Å². The molecule has 0 radical (unpaired) electrons. The van der Waals surface area contributed by atoms with Crippen LogP contribution in [0.15, 0.2) is 41.0 Å². The number of carbonyl (C=O) groups excluding carboxylic acids is 2. The van der Waals surface area contributed by atoms with Gasteiger partial charge in [0.25, 0.3) is 5.91 Å². The van der Waals surface area contributed by atoms with Crippen LogP contribution >= 0.6 is 11.6 Å². The fourth-order valence-corrected chi connectivity index (χ4v) is 2.81. The van der Waals surface area contributed by atoms with Gasteiger partial charge in [-0.3, -0.25) is 9.59 Å². The monoisotopic (exact) mass is 347 g/mol. The summed E-state index contributed by atoms with van der Waals surface area (Å²) in [6.07, 6.45) is 3.02. The number of piperidine rings is 1. The molecule has 1 aliphatic heterocycles. The molecule has 1 aromatic carbocycles. The Balaban J connectivity index is 1.75. The molecule has 126 valence electrons. The van der Waals surface area contributed by atoms with E-state index in [9.17, 15) is 9.59 Å². The maximum atomic E-state index is 12.4. The fourth-order valence-electron chi connectivity index (χ4n) is 2.64. The molecule has 0 aliphatic carbocycles. The van der Waals surface area contributed by atoms with E-state index in [1.807, 2.05) is 0 Å². The zero-order chi connectivity index (χ0) is 16.9. The minimum Gasteiger partial charge on any atom is -0.459 e. The Morgan fingerprint density at radius 3 is 2.62 bits per heavy atom. The molecular formula is C17H18ClN3O3. The standard InChI is InChI=1S/C17H18ClN3O3/c18-12-3-4-13(20-16(22)11-5-7-19-8-6-11)14(10-12)21-17(23)15-2-1-9-24-15/h1-4,9-11,19H,5-8H2,(H,20,22)(H,21,23). The summed E-state index contributed by atoms with van der Waals surface area (Å²) in [7, 11) is 0. The van der Waals surface area contributed by atoms with Gasteiger partial charge in [-0.25, -0.2) is 0 Å². The van der Waals surface area contributed by atoms with E-state index >= 15 is 0 Å². The Morgan fingerprint density at radius 1 is 1.12 bits per heavy atom. The van der Waals surface area contributed by atoms with Gasteiger partial charge in [-0.1, -0.05) is 11.6 Å². The van der Waals surface area contributed by atoms with Crippen LogP contribution in [0.2, 0.25) is 5.02 Å². The molecule has 0 atom stereocenters. The predicted octanol–water partition coefficient (Wildman–Crippen LogP) is 3.12. The topological polar surface area (TPSA) is 83.4 Å². The summed E-state index contributed by atoms with van der Waals surface area (Å²) in [4.78, 5) is 24.6. The van der Waals surface area contributed by atoms with Gasteiger partial charge < -0.3 is 20.4 Å². The van der Waals surface area contributed by atoms with Crippen molar-refractivity contribution in [2.45, 2.75) is 12.8 Å². The SMILES string of the molecule is O=C(Nc1cc(Cl)ccc1NC(=O)C1CCNCC1)c1ccco1. The van der Waals surface area contributed by atoms with Crippen LogP contribution in [0.1, 0.15) is 23.4 Å². The first-order chi connectivity index (χ1) is 11.6. The molecule has 3 rings (SSSR count). The molecule has 0 unspecified atom stereocenters. The molecule has 2 amide bonds. The Hall–Kier alpha value is -2.31. The lowest BCUT2D eigenvalue weighted by Gasteiger charge is -2.22. The Kier molecular flexibility index (Phi) is 5.17. The Morgan fingerprint density at radius 2 is 1.92 bits per heavy atom. The molecule has 2 aromatic rings. The summed E-state index contributed by atoms with van der Waals surface area (Å²) in [5, 5.41) is 9.30. The lowest BCUT2D eigenvalue weighted by Crippen LogP contribution is -2.34. The molecule has 1 aliphatic rings. The van der Waals surface area contributed by atoms with Gasteiger partial charge in [-0.2, -0.15) is 0 Å². The second kappa shape index (κ2) is 7.51. The van der Waals surface area contributed by atoms with Crippen molar-refractivity contribution in [3.05, 3.63) is 47.4 Å². The minimum atomic E-state index is -0.403. The summed E-state index contributed by atoms with van der Waals surface area (Å²) < 4.78 is 5.07. The smallest absolute Gasteiger partial charge is 0.291 e. The number of hydrogen-bond donors (Lipinski definition) is 3. The second-order valence-electron chi connectivity index (χ2n) is 5.63. The van der Waals surface area contributed by atoms with Crippen LogP contribution in [-0.4, -0.2) is 24.9 Å². The lowest BCUT2D eigenvalue weighted by molar-refractivity contribution is -0.120. The van der Waals surface area contributed by atoms with Crippen molar-refractivity contribution < 1.29 is 14.0 Å². The van der Waals surface area contributed by atoms with Crippen LogP contribution < -0.4 is 16.0 Å². The van der Waals surface area contributed by atoms with Gasteiger partial charge in [-0.05, 0) is 56.3 Å². The van der Waals surface area contributed by atoms with E-state index in [2.05, 4.69) is 16.0 Å². The molecule has 0 spiro atoms. The van der Waals surface area contributed by atoms with Crippen molar-refractivity contribution in [1.82, 2.24) is 5.32 Å². The van der Waals surface area contributed by atoms with Gasteiger partial charge in [0, 0.05) is 10.9 Å². The van der Waals surface area contributed by atoms with Crippen molar-refractivity contribution in [3.63, 3.8) is 0 Å². The number of amides is 2. The molecule has 24 heavy (non-hydrogen) atoms. The summed E-state index contributed by atoms with van der Waals surface area (Å²) in [5.74, 6) is -0.298. The average Bonchev–Trinajstić information content (AvgIpc) is 3.13. The number of benzene rings is 1. The van der Waals surface area contributed by atoms with E-state index in [0.29, 0.717) is 16.4 Å². The highest BCUT2D eigenvalue weighted by molar-refractivity contribution is 6.31. The summed E-state index contributed by atoms with van der Waals surface area (Å²) >= 11 is 6.01. The highest BCUT2D eigenvalue weighted by Crippen LogP contribution is 2.27. The number of anilines is 2. The summed E-state index contributed by atoms with van der Waals surface area (Å²) in [6, 6.07) is 8.14. The molecule has 1 fully saturated rings. The second-order valence-corrected chi connectivity index (χ2v) is 6.07. The van der Waals surface area contributed by atoms with Crippen molar-refractivity contribution in [3.8, 4) is 0 Å². The van der Waals surface area contributed by atoms with Crippen molar-refractivity contribution in [1.29, 1.82) is 0 Å². The maximum Gasteiger partial charge on any atom is 0.291 e. The van der Waals surface area contributed by atoms with E-state index in [4.69, 9.17) is 16.0 Å². The first-order valence-electron chi connectivity index (χ1n) is 7.79. The van der Waals surface area contributed by atoms with Gasteiger partial charge in [0.1, 0.15) is 0 Å². The largest absolute Gasteiger partial charge is 0.459 e. The number of nitrogens with one attached hydrogen (secondary N) is 3. The van der Waals surface area contributed by atoms with Gasteiger partial charge in [0.2, 0.25) is 5.91 Å². The fraction of sp³-hybridized carbons (Fsp3) is 0.294. The van der Waals surface area contributed by atoms with Crippen LogP contribution in [0.4, 0.5) is 11.4 Å². The van der Waals surface area contributed by atoms with Crippen LogP contribution in [0.3, 0.4) is 0 Å². The highest BCUT2D eigenvalue weighted by atomic mass is 35.5. The zero-order valence-corrected chi connectivity index (χ0v) is 13.7. The predicted molar refractivity (Wildman–Crippen MR) is 92.3 cm³/mol. The number of halogens is 1. The molecule has 3 N–H and O–H groups in total. The van der Waals surface area contributed by atoms with Gasteiger partial charge in [-0.15, -0.1) is 0 Å². The molecule has 0 saturated carbocycles. The normalized spacial score (nSPS) is 15.0. The van der Waals surface area contributed by atoms with Gasteiger partial charge in [0.05, 0.1) is 17.6 Å². The van der Waals surface area contributed by atoms with Crippen LogP contribution in [-0.2, 0) is 4.79 Å². The van der Waals surface area contributed by atoms with Crippen LogP contribution in [0, 0.1) is 5.92 Å². The maximum absolute atomic E-state index is 12.4. The van der Waals surface area contributed by atoms with Gasteiger partial charge >= 0.3 is 0 Å². The van der Waals surface area contributed by atoms with E-state index in [-0.39, 0.29) is 17.6 Å². The van der Waals surface area contributed by atoms with Crippen LogP contribution in [0.25, 0.3) is 0 Å². The number of rotatable bonds is 4. The molecular weight excluding hydrogens is 330 g/mol. The van der Waals surface area contributed by atoms with Crippen molar-refractivity contribution in [2.75, 3.05) is 23.7 Å². The number of carbonyl (C=O) groups is 2. The lowest BCUT2D eigenvalue weighted by atomic mass is 9.97. The molecule has 7 heteroatoms. The third-order valence-electron chi connectivity index (χ3n) is 3.94. The third kappa shape index (κ3) is 3.96. The molecule has 0 bridgehead atoms. The molecule has 1 saturated heterocycles. The third-order valence-corrected chi connectivity index (χ3v) is 4.18. The van der Waals surface area contributed by atoms with E-state index < -0.39 is 5.91 Å². The summed E-state index contributed by atoms with van der Waals surface area (Å²) in [6.45, 7) is 1.67. The Labute approximate surface area is 144 Å². The summed E-state index contributed by atoms with van der Waals surface area (Å²) in [5.41, 5.74) is 0.953. The Bertz CT molecular complexity index is 725. The van der Waals surface area contributed by atoms with Crippen molar-refractivity contribution in [2.24, 2.45) is 5.92 Å². The first kappa shape index (κ1) is 16.5. The molecule has 1 aromatic heterocycles. The number of hydrogen-bond acceptors (Lipinski definition) is 4. The van der Waals surface area contributed by atoms with E-state index in [1.54, 1.807) is 30.3 Å². The minimum absolute atomic E-state index is 0.0319. The highest BCUT2D eigenvalue weighted by Gasteiger charge is 2.22. The molecule has 2 heterocycles. The number of furan rings is 1. The average molecular weight is 348 g/mol. The van der Waals surface area contributed by atoms with Crippen molar-refractivity contribution >= 4 is 34.8 Å². The zero-order valence-electron chi connectivity index (χ0n) is 13.0. The van der Waals surface area contributed by atoms with Gasteiger partial charge in [0.15, 0.2) is 5.76 Å². The molecule has 6 nitrogen and oxygen atoms in total. The van der Waals surface area contributed by atoms with Crippen LogP contribution in [0.5, 0.6) is 0 Å². The van der Waals surface area contributed by atoms with E-state index in [1.165, 1.54) is 6.26 Å². The quantitative estimate of drug-likeness (QED) is 0.793. The first-order valence-corrected chi connectivity index (χ1v) is 8.17.